The molecule has 1 atom stereocenters. The normalized spacial score (nSPS) is 14.8. The van der Waals surface area contributed by atoms with Crippen molar-refractivity contribution in [2.24, 2.45) is 4.99 Å². The maximum absolute atomic E-state index is 11.4. The van der Waals surface area contributed by atoms with Crippen molar-refractivity contribution < 1.29 is 33.0 Å². The summed E-state index contributed by atoms with van der Waals surface area (Å²) in [6.07, 6.45) is 2.25. The van der Waals surface area contributed by atoms with Gasteiger partial charge >= 0.3 is 11.9 Å². The Hall–Kier alpha value is -4.64. The highest BCUT2D eigenvalue weighted by Gasteiger charge is 2.24. The Morgan fingerprint density at radius 3 is 2.15 bits per heavy atom. The van der Waals surface area contributed by atoms with Gasteiger partial charge in [0.2, 0.25) is 10.0 Å². The summed E-state index contributed by atoms with van der Waals surface area (Å²) in [5.74, 6) is -2.51. The summed E-state index contributed by atoms with van der Waals surface area (Å²) in [4.78, 5) is 26.1. The first-order chi connectivity index (χ1) is 18.5. The molecule has 0 bridgehead atoms. The van der Waals surface area contributed by atoms with Gasteiger partial charge in [0.15, 0.2) is 0 Å². The second-order valence-corrected chi connectivity index (χ2v) is 10.4. The molecule has 11 heteroatoms. The summed E-state index contributed by atoms with van der Waals surface area (Å²) < 4.78 is 31.3. The number of aliphatic carboxylic acids is 2. The van der Waals surface area contributed by atoms with E-state index >= 15 is 0 Å². The van der Waals surface area contributed by atoms with Crippen LogP contribution in [0.25, 0.3) is 0 Å². The molecule has 204 valence electrons. The van der Waals surface area contributed by atoms with Crippen molar-refractivity contribution >= 4 is 33.7 Å². The third-order valence-corrected chi connectivity index (χ3v) is 6.04. The van der Waals surface area contributed by atoms with Crippen molar-refractivity contribution in [3.63, 3.8) is 0 Å². The van der Waals surface area contributed by atoms with Gasteiger partial charge in [-0.3, -0.25) is 4.72 Å². The molecule has 0 saturated carbocycles. The second-order valence-electron chi connectivity index (χ2n) is 8.65. The van der Waals surface area contributed by atoms with E-state index < -0.39 is 22.0 Å². The molecular formula is C28H29N3O7S. The van der Waals surface area contributed by atoms with Gasteiger partial charge in [-0.1, -0.05) is 66.7 Å². The van der Waals surface area contributed by atoms with Crippen LogP contribution in [0.2, 0.25) is 0 Å². The molecule has 0 saturated heterocycles. The average Bonchev–Trinajstić information content (AvgIpc) is 3.03. The van der Waals surface area contributed by atoms with Crippen molar-refractivity contribution in [1.29, 1.82) is 0 Å². The van der Waals surface area contributed by atoms with Crippen LogP contribution >= 0.6 is 0 Å². The molecule has 0 radical (unpaired) electrons. The average molecular weight is 552 g/mol. The minimum Gasteiger partial charge on any atom is -0.478 e. The van der Waals surface area contributed by atoms with Crippen LogP contribution in [0.3, 0.4) is 0 Å². The number of anilines is 1. The van der Waals surface area contributed by atoms with Crippen LogP contribution in [-0.4, -0.2) is 54.8 Å². The Morgan fingerprint density at radius 1 is 0.974 bits per heavy atom. The number of carboxylic acid groups (broad SMARTS) is 2. The number of ether oxygens (including phenoxy) is 1. The summed E-state index contributed by atoms with van der Waals surface area (Å²) in [6.45, 7) is 1.04. The zero-order chi connectivity index (χ0) is 28.4. The highest BCUT2D eigenvalue weighted by molar-refractivity contribution is 7.92. The van der Waals surface area contributed by atoms with Crippen LogP contribution in [0.4, 0.5) is 5.69 Å². The maximum atomic E-state index is 11.4. The van der Waals surface area contributed by atoms with Crippen LogP contribution in [0.1, 0.15) is 28.3 Å². The van der Waals surface area contributed by atoms with Crippen LogP contribution < -0.4 is 4.72 Å². The van der Waals surface area contributed by atoms with E-state index in [1.165, 1.54) is 11.1 Å². The number of carbonyl (C=O) groups is 2. The van der Waals surface area contributed by atoms with Crippen LogP contribution in [0, 0.1) is 0 Å². The Labute approximate surface area is 226 Å². The van der Waals surface area contributed by atoms with Crippen molar-refractivity contribution in [2.45, 2.75) is 19.2 Å². The van der Waals surface area contributed by atoms with E-state index in [4.69, 9.17) is 19.9 Å². The van der Waals surface area contributed by atoms with E-state index in [1.54, 1.807) is 12.1 Å². The molecule has 4 rings (SSSR count). The molecule has 1 aliphatic heterocycles. The fourth-order valence-electron chi connectivity index (χ4n) is 3.76. The molecule has 1 aliphatic rings. The maximum Gasteiger partial charge on any atom is 0.328 e. The molecule has 1 heterocycles. The zero-order valence-electron chi connectivity index (χ0n) is 21.4. The van der Waals surface area contributed by atoms with Crippen molar-refractivity contribution in [3.8, 4) is 0 Å². The summed E-state index contributed by atoms with van der Waals surface area (Å²) in [5, 5.41) is 15.6. The topological polar surface area (TPSA) is 146 Å². The number of nitrogens with one attached hydrogen (secondary N) is 1. The monoisotopic (exact) mass is 551 g/mol. The van der Waals surface area contributed by atoms with Gasteiger partial charge in [-0.2, -0.15) is 0 Å². The van der Waals surface area contributed by atoms with Crippen molar-refractivity contribution in [1.82, 2.24) is 4.90 Å². The molecule has 3 aromatic carbocycles. The number of nitrogens with zero attached hydrogens (tertiary/aromatic N) is 2. The third kappa shape index (κ3) is 9.31. The molecule has 0 unspecified atom stereocenters. The lowest BCUT2D eigenvalue weighted by Gasteiger charge is -2.20. The van der Waals surface area contributed by atoms with E-state index in [9.17, 15) is 18.0 Å². The van der Waals surface area contributed by atoms with Crippen molar-refractivity contribution in [3.05, 3.63) is 113 Å². The van der Waals surface area contributed by atoms with Gasteiger partial charge in [0.1, 0.15) is 12.6 Å². The lowest BCUT2D eigenvalue weighted by Crippen LogP contribution is -2.27. The first-order valence-corrected chi connectivity index (χ1v) is 13.7. The first kappa shape index (κ1) is 28.9. The van der Waals surface area contributed by atoms with E-state index in [-0.39, 0.29) is 6.04 Å². The molecule has 0 fully saturated rings. The molecule has 3 aromatic rings. The number of hydrogen-bond acceptors (Lipinski definition) is 7. The second kappa shape index (κ2) is 13.2. The van der Waals surface area contributed by atoms with Crippen LogP contribution in [-0.2, 0) is 37.5 Å². The molecule has 10 nitrogen and oxygen atoms in total. The predicted octanol–water partition coefficient (Wildman–Crippen LogP) is 3.88. The smallest absolute Gasteiger partial charge is 0.328 e. The number of benzene rings is 3. The molecule has 0 spiro atoms. The fraction of sp³-hybridized carbons (Fsp3) is 0.179. The number of amidine groups is 1. The fourth-order valence-corrected chi connectivity index (χ4v) is 4.32. The molecular weight excluding hydrogens is 522 g/mol. The standard InChI is InChI=1S/C24H25N3O3S.C4H4O4/c1-27-16-20-10-6-7-11-22(20)23(19-8-4-3-5-9-19)25-24(27)30-17-18-12-14-21(15-13-18)26-31(2,28)29;5-3(6)1-2-4(7)8/h3-15,23,26H,16-17H2,1-2H3;1-2H,(H,5,6)(H,7,8)/b;2-1+/t23-;/m0./s1. The lowest BCUT2D eigenvalue weighted by molar-refractivity contribution is -0.134. The number of carboxylic acids is 2. The number of fused-ring (bicyclic) bond motifs is 1. The van der Waals surface area contributed by atoms with Crippen LogP contribution in [0.15, 0.2) is 96.0 Å². The first-order valence-electron chi connectivity index (χ1n) is 11.8. The summed E-state index contributed by atoms with van der Waals surface area (Å²) in [7, 11) is -1.32. The Morgan fingerprint density at radius 2 is 1.56 bits per heavy atom. The van der Waals surface area contributed by atoms with Gasteiger partial charge in [-0.15, -0.1) is 0 Å². The number of sulfonamides is 1. The largest absolute Gasteiger partial charge is 0.478 e. The summed E-state index contributed by atoms with van der Waals surface area (Å²) in [5.41, 5.74) is 4.96. The number of aliphatic imine (C=N–C) groups is 1. The van der Waals surface area contributed by atoms with Gasteiger partial charge in [0.25, 0.3) is 6.02 Å². The molecule has 0 amide bonds. The van der Waals surface area contributed by atoms with E-state index in [1.807, 2.05) is 54.4 Å². The van der Waals surface area contributed by atoms with Gasteiger partial charge in [0, 0.05) is 31.4 Å². The third-order valence-electron chi connectivity index (χ3n) is 5.43. The molecule has 39 heavy (non-hydrogen) atoms. The zero-order valence-corrected chi connectivity index (χ0v) is 22.2. The summed E-state index contributed by atoms with van der Waals surface area (Å²) >= 11 is 0. The quantitative estimate of drug-likeness (QED) is 0.375. The van der Waals surface area contributed by atoms with Gasteiger partial charge in [0.05, 0.1) is 6.26 Å². The van der Waals surface area contributed by atoms with Gasteiger partial charge in [-0.25, -0.2) is 23.0 Å². The van der Waals surface area contributed by atoms with E-state index in [0.29, 0.717) is 37.0 Å². The Bertz CT molecular complexity index is 1440. The molecule has 3 N–H and O–H groups in total. The summed E-state index contributed by atoms with van der Waals surface area (Å²) in [6, 6.07) is 26.1. The van der Waals surface area contributed by atoms with Crippen molar-refractivity contribution in [2.75, 3.05) is 18.0 Å². The SMILES string of the molecule is CN1Cc2ccccc2[C@H](c2ccccc2)N=C1OCc1ccc(NS(C)(=O)=O)cc1.O=C(O)/C=C/C(=O)O. The number of rotatable bonds is 7. The van der Waals surface area contributed by atoms with Gasteiger partial charge < -0.3 is 19.8 Å². The highest BCUT2D eigenvalue weighted by Crippen LogP contribution is 2.32. The minimum absolute atomic E-state index is 0.140. The minimum atomic E-state index is -3.30. The van der Waals surface area contributed by atoms with Gasteiger partial charge in [-0.05, 0) is 34.4 Å². The Kier molecular flexibility index (Phi) is 9.82. The Balaban J connectivity index is 0.000000459. The number of hydrogen-bond donors (Lipinski definition) is 3. The molecule has 0 aliphatic carbocycles. The van der Waals surface area contributed by atoms with E-state index in [0.717, 1.165) is 17.4 Å². The lowest BCUT2D eigenvalue weighted by atomic mass is 9.95. The van der Waals surface area contributed by atoms with Crippen LogP contribution in [0.5, 0.6) is 0 Å². The highest BCUT2D eigenvalue weighted by atomic mass is 32.2. The van der Waals surface area contributed by atoms with E-state index in [2.05, 4.69) is 29.0 Å². The molecule has 0 aromatic heterocycles. The predicted molar refractivity (Wildman–Crippen MR) is 148 cm³/mol.